The summed E-state index contributed by atoms with van der Waals surface area (Å²) >= 11 is 5.99. The van der Waals surface area contributed by atoms with Gasteiger partial charge >= 0.3 is 0 Å². The molecule has 1 aromatic heterocycles. The van der Waals surface area contributed by atoms with Gasteiger partial charge in [-0.05, 0) is 53.9 Å². The van der Waals surface area contributed by atoms with Crippen molar-refractivity contribution in [2.45, 2.75) is 18.5 Å². The minimum absolute atomic E-state index is 0.227. The zero-order valence-corrected chi connectivity index (χ0v) is 18.1. The first kappa shape index (κ1) is 20.3. The van der Waals surface area contributed by atoms with Crippen molar-refractivity contribution < 1.29 is 14.4 Å². The third-order valence-electron chi connectivity index (χ3n) is 6.11. The molecule has 0 unspecified atom stereocenters. The van der Waals surface area contributed by atoms with Crippen molar-refractivity contribution in [3.63, 3.8) is 0 Å². The fraction of sp³-hybridized carbons (Fsp3) is 0.208. The quantitative estimate of drug-likeness (QED) is 0.644. The van der Waals surface area contributed by atoms with Gasteiger partial charge in [-0.15, -0.1) is 0 Å². The Morgan fingerprint density at radius 1 is 1.09 bits per heavy atom. The number of carbonyl (C=O) groups is 3. The third kappa shape index (κ3) is 3.44. The number of carbonyl (C=O) groups excluding carboxylic acids is 3. The zero-order valence-electron chi connectivity index (χ0n) is 17.3. The smallest absolute Gasteiger partial charge is 0.268 e. The number of nitrogens with one attached hydrogen (secondary N) is 2. The molecular formula is C24H21ClN4O3. The highest BCUT2D eigenvalue weighted by Gasteiger charge is 2.45. The number of benzene rings is 2. The lowest BCUT2D eigenvalue weighted by Crippen LogP contribution is -2.51. The summed E-state index contributed by atoms with van der Waals surface area (Å²) in [5.74, 6) is -0.794. The highest BCUT2D eigenvalue weighted by molar-refractivity contribution is 6.30. The second-order valence-electron chi connectivity index (χ2n) is 8.07. The molecule has 2 atom stereocenters. The summed E-state index contributed by atoms with van der Waals surface area (Å²) in [5.41, 5.74) is 3.18. The maximum Gasteiger partial charge on any atom is 0.268 e. The fourth-order valence-corrected chi connectivity index (χ4v) is 4.57. The number of hydrogen-bond acceptors (Lipinski definition) is 3. The number of anilines is 1. The van der Waals surface area contributed by atoms with Gasteiger partial charge in [0.25, 0.3) is 11.8 Å². The normalized spacial score (nSPS) is 19.8. The van der Waals surface area contributed by atoms with E-state index in [1.54, 1.807) is 59.1 Å². The topological polar surface area (TPSA) is 83.4 Å². The number of fused-ring (bicyclic) bond motifs is 2. The summed E-state index contributed by atoms with van der Waals surface area (Å²) in [6.07, 6.45) is 2.29. The molecule has 32 heavy (non-hydrogen) atoms. The molecule has 5 rings (SSSR count). The number of hydrogen-bond donors (Lipinski definition) is 2. The van der Waals surface area contributed by atoms with Crippen LogP contribution in [0, 0.1) is 0 Å². The Hall–Kier alpha value is -3.58. The van der Waals surface area contributed by atoms with Gasteiger partial charge in [0.15, 0.2) is 0 Å². The third-order valence-corrected chi connectivity index (χ3v) is 6.36. The van der Waals surface area contributed by atoms with Crippen LogP contribution in [0.4, 0.5) is 5.69 Å². The predicted molar refractivity (Wildman–Crippen MR) is 122 cm³/mol. The number of aryl methyl sites for hydroxylation is 1. The minimum atomic E-state index is -0.766. The second kappa shape index (κ2) is 7.84. The molecule has 7 nitrogen and oxygen atoms in total. The van der Waals surface area contributed by atoms with Crippen molar-refractivity contribution >= 4 is 35.0 Å². The number of rotatable bonds is 3. The van der Waals surface area contributed by atoms with Gasteiger partial charge in [-0.1, -0.05) is 29.8 Å². The first-order valence-electron chi connectivity index (χ1n) is 10.4. The van der Waals surface area contributed by atoms with Crippen LogP contribution >= 0.6 is 11.6 Å². The molecular weight excluding hydrogens is 428 g/mol. The van der Waals surface area contributed by atoms with Crippen molar-refractivity contribution in [2.75, 3.05) is 11.9 Å². The summed E-state index contributed by atoms with van der Waals surface area (Å²) in [7, 11) is 1.78. The van der Waals surface area contributed by atoms with Gasteiger partial charge < -0.3 is 20.1 Å². The van der Waals surface area contributed by atoms with E-state index in [9.17, 15) is 14.4 Å². The van der Waals surface area contributed by atoms with Gasteiger partial charge in [-0.25, -0.2) is 0 Å². The minimum Gasteiger partial charge on any atom is -0.347 e. The van der Waals surface area contributed by atoms with Gasteiger partial charge in [0, 0.05) is 24.8 Å². The Morgan fingerprint density at radius 2 is 1.84 bits per heavy atom. The van der Waals surface area contributed by atoms with Gasteiger partial charge in [0.2, 0.25) is 5.91 Å². The molecule has 8 heteroatoms. The van der Waals surface area contributed by atoms with Crippen molar-refractivity contribution in [2.24, 2.45) is 7.05 Å². The lowest BCUT2D eigenvalue weighted by Gasteiger charge is -2.25. The van der Waals surface area contributed by atoms with E-state index in [2.05, 4.69) is 10.6 Å². The first-order valence-corrected chi connectivity index (χ1v) is 10.7. The maximum absolute atomic E-state index is 13.4. The molecule has 3 aromatic rings. The second-order valence-corrected chi connectivity index (χ2v) is 8.51. The molecule has 3 heterocycles. The van der Waals surface area contributed by atoms with E-state index in [1.165, 1.54) is 0 Å². The molecule has 0 bridgehead atoms. The Kier molecular flexibility index (Phi) is 4.98. The van der Waals surface area contributed by atoms with E-state index in [1.807, 2.05) is 18.2 Å². The van der Waals surface area contributed by atoms with E-state index < -0.39 is 12.1 Å². The summed E-state index contributed by atoms with van der Waals surface area (Å²) in [6, 6.07) is 15.0. The molecule has 2 aliphatic rings. The molecule has 3 amide bonds. The first-order chi connectivity index (χ1) is 15.4. The molecule has 1 saturated heterocycles. The van der Waals surface area contributed by atoms with Crippen LogP contribution in [0.1, 0.15) is 27.3 Å². The summed E-state index contributed by atoms with van der Waals surface area (Å²) in [4.78, 5) is 40.7. The average molecular weight is 449 g/mol. The number of halogens is 1. The Balaban J connectivity index is 1.43. The Labute approximate surface area is 190 Å². The maximum atomic E-state index is 13.4. The van der Waals surface area contributed by atoms with Crippen LogP contribution in [0.2, 0.25) is 5.02 Å². The van der Waals surface area contributed by atoms with Crippen molar-refractivity contribution in [3.8, 4) is 11.1 Å². The van der Waals surface area contributed by atoms with Crippen LogP contribution < -0.4 is 10.6 Å². The molecule has 2 aliphatic heterocycles. The van der Waals surface area contributed by atoms with E-state index in [0.29, 0.717) is 34.9 Å². The van der Waals surface area contributed by atoms with Crippen LogP contribution in [-0.2, 0) is 11.8 Å². The molecule has 0 radical (unpaired) electrons. The van der Waals surface area contributed by atoms with E-state index >= 15 is 0 Å². The molecule has 2 N–H and O–H groups in total. The molecule has 2 aromatic carbocycles. The van der Waals surface area contributed by atoms with E-state index in [-0.39, 0.29) is 17.7 Å². The SMILES string of the molecule is Cn1cccc1C(=O)N[C@H]1CCN2C(=O)c3cc(-c4ccc(Cl)cc4)ccc3NC(=O)[C@H]12. The lowest BCUT2D eigenvalue weighted by molar-refractivity contribution is -0.120. The fourth-order valence-electron chi connectivity index (χ4n) is 4.45. The molecule has 0 aliphatic carbocycles. The van der Waals surface area contributed by atoms with Crippen molar-refractivity contribution in [1.82, 2.24) is 14.8 Å². The van der Waals surface area contributed by atoms with E-state index in [0.717, 1.165) is 11.1 Å². The van der Waals surface area contributed by atoms with Crippen LogP contribution in [0.15, 0.2) is 60.8 Å². The largest absolute Gasteiger partial charge is 0.347 e. The monoisotopic (exact) mass is 448 g/mol. The molecule has 162 valence electrons. The van der Waals surface area contributed by atoms with Gasteiger partial charge in [-0.2, -0.15) is 0 Å². The van der Waals surface area contributed by atoms with Crippen LogP contribution in [0.25, 0.3) is 11.1 Å². The number of nitrogens with zero attached hydrogens (tertiary/aromatic N) is 2. The standard InChI is InChI=1S/C24H21ClN4O3/c1-28-11-2-3-20(28)22(30)27-19-10-12-29-21(19)23(31)26-18-9-6-15(13-17(18)24(29)32)14-4-7-16(25)8-5-14/h2-9,11,13,19,21H,10,12H2,1H3,(H,26,31)(H,27,30)/t19-,21-/m0/s1. The van der Waals surface area contributed by atoms with E-state index in [4.69, 9.17) is 11.6 Å². The summed E-state index contributed by atoms with van der Waals surface area (Å²) in [6.45, 7) is 0.389. The highest BCUT2D eigenvalue weighted by Crippen LogP contribution is 2.32. The molecule has 1 fully saturated rings. The summed E-state index contributed by atoms with van der Waals surface area (Å²) < 4.78 is 1.72. The van der Waals surface area contributed by atoms with Crippen molar-refractivity contribution in [1.29, 1.82) is 0 Å². The number of aromatic nitrogens is 1. The van der Waals surface area contributed by atoms with Crippen LogP contribution in [0.5, 0.6) is 0 Å². The predicted octanol–water partition coefficient (Wildman–Crippen LogP) is 3.31. The zero-order chi connectivity index (χ0) is 22.4. The molecule has 0 saturated carbocycles. The van der Waals surface area contributed by atoms with Crippen molar-refractivity contribution in [3.05, 3.63) is 77.1 Å². The highest BCUT2D eigenvalue weighted by atomic mass is 35.5. The Morgan fingerprint density at radius 3 is 2.56 bits per heavy atom. The Bertz CT molecular complexity index is 1230. The average Bonchev–Trinajstić information content (AvgIpc) is 3.38. The van der Waals surface area contributed by atoms with Crippen LogP contribution in [-0.4, -0.2) is 45.8 Å². The van der Waals surface area contributed by atoms with Gasteiger partial charge in [0.05, 0.1) is 17.3 Å². The summed E-state index contributed by atoms with van der Waals surface area (Å²) in [5, 5.41) is 6.46. The van der Waals surface area contributed by atoms with Gasteiger partial charge in [0.1, 0.15) is 11.7 Å². The molecule has 0 spiro atoms. The van der Waals surface area contributed by atoms with Crippen LogP contribution in [0.3, 0.4) is 0 Å². The van der Waals surface area contributed by atoms with Gasteiger partial charge in [-0.3, -0.25) is 14.4 Å². The number of amides is 3. The lowest BCUT2D eigenvalue weighted by atomic mass is 10.0.